The van der Waals surface area contributed by atoms with E-state index >= 15 is 0 Å². The molecule has 1 aromatic heterocycles. The number of fused-ring (bicyclic) bond motifs is 2. The second-order valence-electron chi connectivity index (χ2n) is 5.45. The van der Waals surface area contributed by atoms with Gasteiger partial charge in [-0.25, -0.2) is 4.98 Å². The molecule has 0 fully saturated rings. The van der Waals surface area contributed by atoms with Gasteiger partial charge in [-0.15, -0.1) is 0 Å². The van der Waals surface area contributed by atoms with Gasteiger partial charge in [0.25, 0.3) is 0 Å². The van der Waals surface area contributed by atoms with E-state index in [0.29, 0.717) is 11.3 Å². The Kier molecular flexibility index (Phi) is 2.19. The summed E-state index contributed by atoms with van der Waals surface area (Å²) >= 11 is 0. The van der Waals surface area contributed by atoms with Gasteiger partial charge in [-0.1, -0.05) is 24.3 Å². The highest BCUT2D eigenvalue weighted by Gasteiger charge is 2.45. The van der Waals surface area contributed by atoms with Crippen molar-refractivity contribution < 1.29 is 8.98 Å². The predicted octanol–water partition coefficient (Wildman–Crippen LogP) is 2.57. The monoisotopic (exact) mass is 261 g/mol. The molecule has 18 heavy (non-hydrogen) atoms. The maximum absolute atomic E-state index is 13.1. The standard InChI is InChI=1S/C14H16NO2P/c1-9-15-13-12(17-9)14(2,3)10-7-5-6-8-11(10)18(13,4)16/h5-8H,1-4H3. The normalized spacial score (nSPS) is 24.4. The maximum atomic E-state index is 13.1. The van der Waals surface area contributed by atoms with Crippen LogP contribution in [-0.4, -0.2) is 11.6 Å². The first-order valence-corrected chi connectivity index (χ1v) is 8.16. The van der Waals surface area contributed by atoms with E-state index in [2.05, 4.69) is 18.8 Å². The molecule has 94 valence electrons. The van der Waals surface area contributed by atoms with Crippen LogP contribution < -0.4 is 10.7 Å². The molecule has 0 saturated carbocycles. The summed E-state index contributed by atoms with van der Waals surface area (Å²) in [5, 5.41) is 0.913. The molecule has 1 aliphatic rings. The summed E-state index contributed by atoms with van der Waals surface area (Å²) in [6.07, 6.45) is 0. The number of oxazole rings is 1. The molecular formula is C14H16NO2P. The van der Waals surface area contributed by atoms with Crippen LogP contribution in [0.3, 0.4) is 0 Å². The Morgan fingerprint density at radius 3 is 2.67 bits per heavy atom. The van der Waals surface area contributed by atoms with Gasteiger partial charge in [0.1, 0.15) is 11.2 Å². The highest BCUT2D eigenvalue weighted by atomic mass is 31.2. The van der Waals surface area contributed by atoms with E-state index < -0.39 is 7.14 Å². The van der Waals surface area contributed by atoms with Crippen molar-refractivity contribution >= 4 is 17.9 Å². The number of nitrogens with zero attached hydrogens (tertiary/aromatic N) is 1. The van der Waals surface area contributed by atoms with Gasteiger partial charge < -0.3 is 8.98 Å². The third-order valence-corrected chi connectivity index (χ3v) is 6.15. The molecule has 4 heteroatoms. The van der Waals surface area contributed by atoms with Crippen LogP contribution in [0.15, 0.2) is 28.7 Å². The van der Waals surface area contributed by atoms with Gasteiger partial charge in [0.05, 0.1) is 5.41 Å². The third-order valence-electron chi connectivity index (χ3n) is 3.73. The van der Waals surface area contributed by atoms with Gasteiger partial charge in [0, 0.05) is 12.2 Å². The van der Waals surface area contributed by atoms with Crippen molar-refractivity contribution in [2.45, 2.75) is 26.2 Å². The molecule has 1 aromatic carbocycles. The molecule has 0 radical (unpaired) electrons. The molecular weight excluding hydrogens is 245 g/mol. The second-order valence-corrected chi connectivity index (χ2v) is 8.21. The van der Waals surface area contributed by atoms with Crippen LogP contribution in [0.2, 0.25) is 0 Å². The van der Waals surface area contributed by atoms with Gasteiger partial charge in [-0.2, -0.15) is 0 Å². The van der Waals surface area contributed by atoms with Crippen molar-refractivity contribution in [3.05, 3.63) is 41.5 Å². The lowest BCUT2D eigenvalue weighted by Gasteiger charge is -2.33. The predicted molar refractivity (Wildman–Crippen MR) is 72.6 cm³/mol. The van der Waals surface area contributed by atoms with Crippen molar-refractivity contribution in [2.75, 3.05) is 6.66 Å². The van der Waals surface area contributed by atoms with Crippen molar-refractivity contribution in [3.63, 3.8) is 0 Å². The van der Waals surface area contributed by atoms with E-state index in [1.807, 2.05) is 24.3 Å². The van der Waals surface area contributed by atoms with Crippen molar-refractivity contribution in [2.24, 2.45) is 0 Å². The Morgan fingerprint density at radius 2 is 1.94 bits per heavy atom. The van der Waals surface area contributed by atoms with E-state index in [-0.39, 0.29) is 5.41 Å². The Morgan fingerprint density at radius 1 is 1.28 bits per heavy atom. The largest absolute Gasteiger partial charge is 0.444 e. The lowest BCUT2D eigenvalue weighted by atomic mass is 9.82. The summed E-state index contributed by atoms with van der Waals surface area (Å²) in [7, 11) is -2.63. The fraction of sp³-hybridized carbons (Fsp3) is 0.357. The molecule has 1 atom stereocenters. The van der Waals surface area contributed by atoms with E-state index in [1.54, 1.807) is 13.6 Å². The Labute approximate surface area is 107 Å². The molecule has 3 rings (SSSR count). The molecule has 0 N–H and O–H groups in total. The fourth-order valence-corrected chi connectivity index (χ4v) is 5.18. The molecule has 0 spiro atoms. The molecule has 2 aromatic rings. The Hall–Kier alpha value is -1.34. The summed E-state index contributed by atoms with van der Waals surface area (Å²) in [5.41, 5.74) is 1.44. The van der Waals surface area contributed by atoms with Crippen LogP contribution in [-0.2, 0) is 9.98 Å². The Balaban J connectivity index is 2.44. The minimum atomic E-state index is -2.63. The molecule has 1 aliphatic heterocycles. The Bertz CT molecular complexity index is 685. The van der Waals surface area contributed by atoms with Gasteiger partial charge in [-0.3, -0.25) is 0 Å². The average molecular weight is 261 g/mol. The van der Waals surface area contributed by atoms with E-state index in [0.717, 1.165) is 16.6 Å². The highest BCUT2D eigenvalue weighted by molar-refractivity contribution is 7.78. The van der Waals surface area contributed by atoms with Crippen molar-refractivity contribution in [3.8, 4) is 0 Å². The molecule has 1 unspecified atom stereocenters. The average Bonchev–Trinajstić information content (AvgIpc) is 2.72. The number of hydrogen-bond acceptors (Lipinski definition) is 3. The van der Waals surface area contributed by atoms with E-state index in [1.165, 1.54) is 0 Å². The lowest BCUT2D eigenvalue weighted by molar-refractivity contribution is 0.411. The number of hydrogen-bond donors (Lipinski definition) is 0. The first-order valence-electron chi connectivity index (χ1n) is 6.01. The van der Waals surface area contributed by atoms with E-state index in [9.17, 15) is 4.57 Å². The van der Waals surface area contributed by atoms with E-state index in [4.69, 9.17) is 4.42 Å². The zero-order chi connectivity index (χ0) is 13.1. The molecule has 3 nitrogen and oxygen atoms in total. The minimum Gasteiger partial charge on any atom is -0.444 e. The molecule has 2 heterocycles. The van der Waals surface area contributed by atoms with Crippen LogP contribution in [0, 0.1) is 6.92 Å². The zero-order valence-electron chi connectivity index (χ0n) is 11.0. The van der Waals surface area contributed by atoms with Crippen LogP contribution >= 0.6 is 7.14 Å². The minimum absolute atomic E-state index is 0.281. The summed E-state index contributed by atoms with van der Waals surface area (Å²) in [6, 6.07) is 7.90. The zero-order valence-corrected chi connectivity index (χ0v) is 11.9. The van der Waals surface area contributed by atoms with Crippen LogP contribution in [0.25, 0.3) is 0 Å². The van der Waals surface area contributed by atoms with Crippen molar-refractivity contribution in [1.29, 1.82) is 0 Å². The second kappa shape index (κ2) is 3.36. The third kappa shape index (κ3) is 1.31. The highest BCUT2D eigenvalue weighted by Crippen LogP contribution is 2.50. The quantitative estimate of drug-likeness (QED) is 0.684. The summed E-state index contributed by atoms with van der Waals surface area (Å²) < 4.78 is 18.8. The fourth-order valence-electron chi connectivity index (χ4n) is 2.72. The molecule has 0 aliphatic carbocycles. The molecule has 0 bridgehead atoms. The topological polar surface area (TPSA) is 43.1 Å². The number of benzene rings is 1. The summed E-state index contributed by atoms with van der Waals surface area (Å²) in [5.74, 6) is 1.34. The van der Waals surface area contributed by atoms with Gasteiger partial charge in [0.15, 0.2) is 13.0 Å². The molecule has 0 amide bonds. The maximum Gasteiger partial charge on any atom is 0.192 e. The van der Waals surface area contributed by atoms with Gasteiger partial charge in [-0.05, 0) is 26.1 Å². The SMILES string of the molecule is Cc1nc2c(o1)C(C)(C)c1ccccc1P2(C)=O. The summed E-state index contributed by atoms with van der Waals surface area (Å²) in [6.45, 7) is 7.77. The van der Waals surface area contributed by atoms with Gasteiger partial charge >= 0.3 is 0 Å². The van der Waals surface area contributed by atoms with Gasteiger partial charge in [0.2, 0.25) is 0 Å². The van der Waals surface area contributed by atoms with Crippen molar-refractivity contribution in [1.82, 2.24) is 4.98 Å². The first kappa shape index (κ1) is 11.7. The first-order chi connectivity index (χ1) is 8.35. The smallest absolute Gasteiger partial charge is 0.192 e. The lowest BCUT2D eigenvalue weighted by Crippen LogP contribution is -2.38. The number of aromatic nitrogens is 1. The van der Waals surface area contributed by atoms with Crippen LogP contribution in [0.5, 0.6) is 0 Å². The van der Waals surface area contributed by atoms with Crippen LogP contribution in [0.1, 0.15) is 31.1 Å². The summed E-state index contributed by atoms with van der Waals surface area (Å²) in [4.78, 5) is 4.37. The van der Waals surface area contributed by atoms with Crippen LogP contribution in [0.4, 0.5) is 0 Å². The molecule has 0 saturated heterocycles. The number of aryl methyl sites for hydroxylation is 1. The number of rotatable bonds is 0.